The SMILES string of the molecule is CCCOc1c(Cl)cc(C(=O)N2CCN(C(=O)c3ccc(F)cc3Cl)CC2)cc1OCC. The summed E-state index contributed by atoms with van der Waals surface area (Å²) in [7, 11) is 0. The number of halogens is 3. The van der Waals surface area contributed by atoms with Gasteiger partial charge < -0.3 is 19.3 Å². The van der Waals surface area contributed by atoms with Gasteiger partial charge in [-0.05, 0) is 43.7 Å². The van der Waals surface area contributed by atoms with Gasteiger partial charge in [0, 0.05) is 31.7 Å². The Bertz CT molecular complexity index is 994. The Hall–Kier alpha value is -2.51. The smallest absolute Gasteiger partial charge is 0.255 e. The fraction of sp³-hybridized carbons (Fsp3) is 0.391. The number of ether oxygens (including phenoxy) is 2. The number of rotatable bonds is 7. The third-order valence-electron chi connectivity index (χ3n) is 5.02. The van der Waals surface area contributed by atoms with E-state index in [1.165, 1.54) is 12.1 Å². The molecule has 6 nitrogen and oxygen atoms in total. The van der Waals surface area contributed by atoms with Crippen LogP contribution in [0.3, 0.4) is 0 Å². The average Bonchev–Trinajstić information content (AvgIpc) is 2.78. The molecule has 0 aromatic heterocycles. The fourth-order valence-electron chi connectivity index (χ4n) is 3.43. The van der Waals surface area contributed by atoms with Crippen molar-refractivity contribution >= 4 is 35.0 Å². The van der Waals surface area contributed by atoms with E-state index in [-0.39, 0.29) is 22.4 Å². The van der Waals surface area contributed by atoms with Gasteiger partial charge in [-0.3, -0.25) is 9.59 Å². The Kier molecular flexibility index (Phi) is 8.21. The number of carbonyl (C=O) groups is 2. The van der Waals surface area contributed by atoms with Crippen LogP contribution in [-0.4, -0.2) is 61.0 Å². The second kappa shape index (κ2) is 10.9. The van der Waals surface area contributed by atoms with Gasteiger partial charge in [0.05, 0.1) is 28.8 Å². The third kappa shape index (κ3) is 5.45. The fourth-order valence-corrected chi connectivity index (χ4v) is 3.94. The second-order valence-electron chi connectivity index (χ2n) is 7.28. The molecule has 0 bridgehead atoms. The summed E-state index contributed by atoms with van der Waals surface area (Å²) in [5.74, 6) is -0.142. The molecule has 1 saturated heterocycles. The van der Waals surface area contributed by atoms with Crippen LogP contribution in [-0.2, 0) is 0 Å². The van der Waals surface area contributed by atoms with Crippen molar-refractivity contribution in [2.24, 2.45) is 0 Å². The molecule has 0 atom stereocenters. The molecule has 1 heterocycles. The highest BCUT2D eigenvalue weighted by Crippen LogP contribution is 2.37. The van der Waals surface area contributed by atoms with Crippen LogP contribution < -0.4 is 9.47 Å². The average molecular weight is 483 g/mol. The first-order valence-corrected chi connectivity index (χ1v) is 11.2. The zero-order chi connectivity index (χ0) is 23.3. The van der Waals surface area contributed by atoms with E-state index in [0.717, 1.165) is 12.5 Å². The van der Waals surface area contributed by atoms with Gasteiger partial charge in [0.25, 0.3) is 11.8 Å². The van der Waals surface area contributed by atoms with E-state index in [1.807, 2.05) is 13.8 Å². The molecule has 0 unspecified atom stereocenters. The van der Waals surface area contributed by atoms with E-state index >= 15 is 0 Å². The molecule has 0 saturated carbocycles. The Morgan fingerprint density at radius 1 is 0.938 bits per heavy atom. The molecular weight excluding hydrogens is 458 g/mol. The molecule has 9 heteroatoms. The van der Waals surface area contributed by atoms with Gasteiger partial charge in [-0.15, -0.1) is 0 Å². The maximum Gasteiger partial charge on any atom is 0.255 e. The lowest BCUT2D eigenvalue weighted by Gasteiger charge is -2.35. The molecule has 2 aromatic rings. The van der Waals surface area contributed by atoms with Crippen molar-refractivity contribution in [3.05, 3.63) is 57.3 Å². The minimum atomic E-state index is -0.502. The first kappa shape index (κ1) is 24.1. The zero-order valence-electron chi connectivity index (χ0n) is 18.0. The second-order valence-corrected chi connectivity index (χ2v) is 8.09. The Labute approximate surface area is 196 Å². The molecule has 3 rings (SSSR count). The van der Waals surface area contributed by atoms with Crippen molar-refractivity contribution in [1.29, 1.82) is 0 Å². The highest BCUT2D eigenvalue weighted by molar-refractivity contribution is 6.34. The van der Waals surface area contributed by atoms with E-state index < -0.39 is 5.82 Å². The van der Waals surface area contributed by atoms with Crippen LogP contribution in [0.1, 0.15) is 41.0 Å². The Morgan fingerprint density at radius 3 is 2.19 bits per heavy atom. The number of benzene rings is 2. The first-order chi connectivity index (χ1) is 15.3. The number of nitrogens with zero attached hydrogens (tertiary/aromatic N) is 2. The van der Waals surface area contributed by atoms with E-state index in [4.69, 9.17) is 32.7 Å². The maximum atomic E-state index is 13.3. The van der Waals surface area contributed by atoms with Crippen LogP contribution in [0.4, 0.5) is 4.39 Å². The van der Waals surface area contributed by atoms with Crippen molar-refractivity contribution in [3.63, 3.8) is 0 Å². The van der Waals surface area contributed by atoms with Gasteiger partial charge in [0.2, 0.25) is 0 Å². The molecule has 0 N–H and O–H groups in total. The predicted molar refractivity (Wildman–Crippen MR) is 122 cm³/mol. The normalized spacial score (nSPS) is 13.8. The summed E-state index contributed by atoms with van der Waals surface area (Å²) < 4.78 is 24.6. The topological polar surface area (TPSA) is 59.1 Å². The van der Waals surface area contributed by atoms with Crippen molar-refractivity contribution in [1.82, 2.24) is 9.80 Å². The quantitative estimate of drug-likeness (QED) is 0.561. The molecule has 172 valence electrons. The summed E-state index contributed by atoms with van der Waals surface area (Å²) in [5, 5.41) is 0.379. The van der Waals surface area contributed by atoms with Crippen molar-refractivity contribution in [2.75, 3.05) is 39.4 Å². The van der Waals surface area contributed by atoms with Crippen LogP contribution in [0.15, 0.2) is 30.3 Å². The molecule has 1 aliphatic rings. The molecule has 0 spiro atoms. The monoisotopic (exact) mass is 482 g/mol. The lowest BCUT2D eigenvalue weighted by Crippen LogP contribution is -2.50. The van der Waals surface area contributed by atoms with Gasteiger partial charge in [-0.1, -0.05) is 30.1 Å². The molecule has 2 amide bonds. The largest absolute Gasteiger partial charge is 0.490 e. The number of hydrogen-bond donors (Lipinski definition) is 0. The zero-order valence-corrected chi connectivity index (χ0v) is 19.5. The van der Waals surface area contributed by atoms with E-state index in [1.54, 1.807) is 21.9 Å². The van der Waals surface area contributed by atoms with Gasteiger partial charge in [-0.2, -0.15) is 0 Å². The van der Waals surface area contributed by atoms with Gasteiger partial charge >= 0.3 is 0 Å². The summed E-state index contributed by atoms with van der Waals surface area (Å²) in [4.78, 5) is 29.1. The molecule has 32 heavy (non-hydrogen) atoms. The Balaban J connectivity index is 1.70. The Morgan fingerprint density at radius 2 is 1.59 bits per heavy atom. The van der Waals surface area contributed by atoms with Crippen molar-refractivity contribution < 1.29 is 23.5 Å². The molecule has 1 aliphatic heterocycles. The van der Waals surface area contributed by atoms with Crippen LogP contribution in [0.5, 0.6) is 11.5 Å². The third-order valence-corrected chi connectivity index (χ3v) is 5.62. The van der Waals surface area contributed by atoms with Crippen LogP contribution >= 0.6 is 23.2 Å². The summed E-state index contributed by atoms with van der Waals surface area (Å²) in [6, 6.07) is 6.90. The molecule has 0 aliphatic carbocycles. The number of amides is 2. The van der Waals surface area contributed by atoms with Gasteiger partial charge in [0.1, 0.15) is 5.82 Å². The minimum absolute atomic E-state index is 0.0667. The standard InChI is InChI=1S/C23H25Cl2FN2O4/c1-3-11-32-21-19(25)12-15(13-20(21)31-4-2)22(29)27-7-9-28(10-8-27)23(30)17-6-5-16(26)14-18(17)24/h5-6,12-14H,3-4,7-11H2,1-2H3. The summed E-state index contributed by atoms with van der Waals surface area (Å²) in [6.45, 7) is 6.09. The number of piperazine rings is 1. The van der Waals surface area contributed by atoms with Crippen molar-refractivity contribution in [2.45, 2.75) is 20.3 Å². The van der Waals surface area contributed by atoms with Crippen LogP contribution in [0.2, 0.25) is 10.0 Å². The highest BCUT2D eigenvalue weighted by atomic mass is 35.5. The van der Waals surface area contributed by atoms with Crippen molar-refractivity contribution in [3.8, 4) is 11.5 Å². The number of hydrogen-bond acceptors (Lipinski definition) is 4. The summed E-state index contributed by atoms with van der Waals surface area (Å²) >= 11 is 12.4. The van der Waals surface area contributed by atoms with Gasteiger partial charge in [-0.25, -0.2) is 4.39 Å². The number of carbonyl (C=O) groups excluding carboxylic acids is 2. The first-order valence-electron chi connectivity index (χ1n) is 10.5. The van der Waals surface area contributed by atoms with E-state index in [0.29, 0.717) is 61.5 Å². The van der Waals surface area contributed by atoms with E-state index in [9.17, 15) is 14.0 Å². The molecular formula is C23H25Cl2FN2O4. The molecule has 0 radical (unpaired) electrons. The van der Waals surface area contributed by atoms with E-state index in [2.05, 4.69) is 0 Å². The predicted octanol–water partition coefficient (Wildman–Crippen LogP) is 4.92. The summed E-state index contributed by atoms with van der Waals surface area (Å²) in [5.41, 5.74) is 0.632. The highest BCUT2D eigenvalue weighted by Gasteiger charge is 2.27. The van der Waals surface area contributed by atoms with Crippen LogP contribution in [0.25, 0.3) is 0 Å². The molecule has 1 fully saturated rings. The summed E-state index contributed by atoms with van der Waals surface area (Å²) in [6.07, 6.45) is 0.814. The lowest BCUT2D eigenvalue weighted by molar-refractivity contribution is 0.0535. The maximum absolute atomic E-state index is 13.3. The minimum Gasteiger partial charge on any atom is -0.490 e. The molecule has 2 aromatic carbocycles. The van der Waals surface area contributed by atoms with Gasteiger partial charge in [0.15, 0.2) is 11.5 Å². The lowest BCUT2D eigenvalue weighted by atomic mass is 10.1. The van der Waals surface area contributed by atoms with Crippen LogP contribution in [0, 0.1) is 5.82 Å².